The highest BCUT2D eigenvalue weighted by molar-refractivity contribution is 7.89. The van der Waals surface area contributed by atoms with Crippen LogP contribution in [0.2, 0.25) is 0 Å². The molecule has 14 heavy (non-hydrogen) atoms. The topological polar surface area (TPSA) is 104 Å². The summed E-state index contributed by atoms with van der Waals surface area (Å²) >= 11 is 0. The number of aliphatic carboxylic acids is 1. The molecule has 0 aromatic rings. The maximum atomic E-state index is 11.8. The van der Waals surface area contributed by atoms with Crippen LogP contribution in [0, 0.1) is 0 Å². The van der Waals surface area contributed by atoms with Crippen molar-refractivity contribution in [2.75, 3.05) is 6.61 Å². The molecule has 0 fully saturated rings. The van der Waals surface area contributed by atoms with Crippen LogP contribution >= 0.6 is 0 Å². The van der Waals surface area contributed by atoms with Gasteiger partial charge in [0.2, 0.25) is 0 Å². The number of carbonyl (C=O) groups is 1. The predicted octanol–water partition coefficient (Wildman–Crippen LogP) is -1.04. The van der Waals surface area contributed by atoms with Gasteiger partial charge in [-0.2, -0.15) is 13.5 Å². The molecule has 0 aromatic carbocycles. The molecule has 0 aliphatic carbocycles. The second kappa shape index (κ2) is 5.17. The third-order valence-electron chi connectivity index (χ3n) is 1.26. The molecule has 0 aliphatic heterocycles. The number of nitrogens with one attached hydrogen (secondary N) is 1. The van der Waals surface area contributed by atoms with Crippen LogP contribution in [0.5, 0.6) is 0 Å². The summed E-state index contributed by atoms with van der Waals surface area (Å²) in [7, 11) is -4.94. The summed E-state index contributed by atoms with van der Waals surface area (Å²) in [6, 6.07) is -1.74. The Labute approximate surface area is 78.6 Å². The Hall–Kier alpha value is -0.800. The van der Waals surface area contributed by atoms with Gasteiger partial charge in [-0.25, -0.2) is 8.42 Å². The molecule has 84 valence electrons. The second-order valence-corrected chi connectivity index (χ2v) is 4.01. The lowest BCUT2D eigenvalue weighted by molar-refractivity contribution is -0.139. The minimum Gasteiger partial charge on any atom is -0.480 e. The van der Waals surface area contributed by atoms with Crippen LogP contribution in [0.1, 0.15) is 6.42 Å². The highest BCUT2D eigenvalue weighted by atomic mass is 32.2. The molecule has 0 rings (SSSR count). The molecule has 9 heteroatoms. The molecule has 6 nitrogen and oxygen atoms in total. The van der Waals surface area contributed by atoms with Crippen LogP contribution < -0.4 is 4.72 Å². The van der Waals surface area contributed by atoms with E-state index in [1.807, 2.05) is 0 Å². The molecule has 0 amide bonds. The number of halogens is 2. The van der Waals surface area contributed by atoms with Gasteiger partial charge in [0.15, 0.2) is 0 Å². The molecule has 0 saturated heterocycles. The van der Waals surface area contributed by atoms with E-state index in [0.29, 0.717) is 0 Å². The Kier molecular flexibility index (Phi) is 4.88. The zero-order chi connectivity index (χ0) is 11.4. The van der Waals surface area contributed by atoms with Gasteiger partial charge in [0.25, 0.3) is 10.0 Å². The normalized spacial score (nSPS) is 14.3. The number of aliphatic hydroxyl groups is 1. The molecule has 1 atom stereocenters. The van der Waals surface area contributed by atoms with Crippen molar-refractivity contribution in [1.29, 1.82) is 0 Å². The summed E-state index contributed by atoms with van der Waals surface area (Å²) < 4.78 is 45.8. The Morgan fingerprint density at radius 1 is 1.43 bits per heavy atom. The molecular weight excluding hydrogens is 224 g/mol. The van der Waals surface area contributed by atoms with Crippen molar-refractivity contribution in [1.82, 2.24) is 4.72 Å². The van der Waals surface area contributed by atoms with Gasteiger partial charge in [0.05, 0.1) is 0 Å². The van der Waals surface area contributed by atoms with Gasteiger partial charge < -0.3 is 10.2 Å². The molecular formula is C5H9F2NO5S. The zero-order valence-electron chi connectivity index (χ0n) is 6.85. The summed E-state index contributed by atoms with van der Waals surface area (Å²) in [5.41, 5.74) is 0. The second-order valence-electron chi connectivity index (χ2n) is 2.33. The summed E-state index contributed by atoms with van der Waals surface area (Å²) in [5, 5.41) is 16.7. The summed E-state index contributed by atoms with van der Waals surface area (Å²) in [5.74, 6) is -5.31. The third kappa shape index (κ3) is 3.94. The Bertz CT molecular complexity index is 290. The van der Waals surface area contributed by atoms with Crippen molar-refractivity contribution in [3.8, 4) is 0 Å². The van der Waals surface area contributed by atoms with Gasteiger partial charge in [-0.1, -0.05) is 0 Å². The monoisotopic (exact) mass is 233 g/mol. The summed E-state index contributed by atoms with van der Waals surface area (Å²) in [4.78, 5) is 10.3. The van der Waals surface area contributed by atoms with Crippen LogP contribution in [-0.2, 0) is 14.8 Å². The minimum absolute atomic E-state index is 0.471. The van der Waals surface area contributed by atoms with E-state index in [0.717, 1.165) is 0 Å². The molecule has 0 heterocycles. The molecule has 0 aromatic heterocycles. The predicted molar refractivity (Wildman–Crippen MR) is 41.2 cm³/mol. The first-order valence-corrected chi connectivity index (χ1v) is 4.99. The van der Waals surface area contributed by atoms with E-state index in [2.05, 4.69) is 0 Å². The van der Waals surface area contributed by atoms with Crippen molar-refractivity contribution in [3.63, 3.8) is 0 Å². The summed E-state index contributed by atoms with van der Waals surface area (Å²) in [6.07, 6.45) is -0.471. The highest BCUT2D eigenvalue weighted by Gasteiger charge is 2.30. The Morgan fingerprint density at radius 2 is 1.93 bits per heavy atom. The smallest absolute Gasteiger partial charge is 0.350 e. The average Bonchev–Trinajstić information content (AvgIpc) is 2.02. The third-order valence-corrected chi connectivity index (χ3v) is 2.34. The van der Waals surface area contributed by atoms with E-state index in [9.17, 15) is 22.0 Å². The van der Waals surface area contributed by atoms with Crippen molar-refractivity contribution in [2.24, 2.45) is 0 Å². The van der Waals surface area contributed by atoms with Gasteiger partial charge >= 0.3 is 11.7 Å². The minimum atomic E-state index is -4.94. The van der Waals surface area contributed by atoms with E-state index in [1.54, 1.807) is 0 Å². The maximum Gasteiger partial charge on any atom is 0.350 e. The van der Waals surface area contributed by atoms with Crippen LogP contribution in [0.4, 0.5) is 8.78 Å². The number of hydrogen-bond acceptors (Lipinski definition) is 4. The largest absolute Gasteiger partial charge is 0.480 e. The van der Waals surface area contributed by atoms with Gasteiger partial charge in [-0.3, -0.25) is 4.79 Å². The van der Waals surface area contributed by atoms with Gasteiger partial charge in [0, 0.05) is 6.61 Å². The number of alkyl halides is 2. The quantitative estimate of drug-likeness (QED) is 0.544. The lowest BCUT2D eigenvalue weighted by Gasteiger charge is -2.12. The number of sulfonamides is 1. The van der Waals surface area contributed by atoms with Gasteiger partial charge in [-0.15, -0.1) is 0 Å². The molecule has 0 saturated carbocycles. The van der Waals surface area contributed by atoms with Crippen LogP contribution in [0.15, 0.2) is 0 Å². The number of hydrogen-bond donors (Lipinski definition) is 3. The molecule has 0 aliphatic rings. The fraction of sp³-hybridized carbons (Fsp3) is 0.800. The first kappa shape index (κ1) is 13.2. The fourth-order valence-corrected chi connectivity index (χ4v) is 1.33. The van der Waals surface area contributed by atoms with Crippen molar-refractivity contribution < 1.29 is 32.2 Å². The Morgan fingerprint density at radius 3 is 2.21 bits per heavy atom. The Balaban J connectivity index is 4.53. The highest BCUT2D eigenvalue weighted by Crippen LogP contribution is 2.04. The number of rotatable bonds is 6. The van der Waals surface area contributed by atoms with E-state index >= 15 is 0 Å². The zero-order valence-corrected chi connectivity index (χ0v) is 7.67. The lowest BCUT2D eigenvalue weighted by atomic mass is 10.2. The molecule has 0 bridgehead atoms. The average molecular weight is 233 g/mol. The summed E-state index contributed by atoms with van der Waals surface area (Å²) in [6.45, 7) is -0.622. The number of carboxylic acids is 1. The van der Waals surface area contributed by atoms with Crippen LogP contribution in [0.25, 0.3) is 0 Å². The molecule has 0 radical (unpaired) electrons. The lowest BCUT2D eigenvalue weighted by Crippen LogP contribution is -2.43. The van der Waals surface area contributed by atoms with Gasteiger partial charge in [0.1, 0.15) is 6.04 Å². The first-order valence-electron chi connectivity index (χ1n) is 3.44. The van der Waals surface area contributed by atoms with Crippen molar-refractivity contribution in [2.45, 2.75) is 18.2 Å². The fourth-order valence-electron chi connectivity index (χ4n) is 0.612. The van der Waals surface area contributed by atoms with E-state index in [-0.39, 0.29) is 0 Å². The van der Waals surface area contributed by atoms with E-state index in [1.165, 1.54) is 4.72 Å². The number of aliphatic hydroxyl groups excluding tert-OH is 1. The van der Waals surface area contributed by atoms with Crippen LogP contribution in [0.3, 0.4) is 0 Å². The SMILES string of the molecule is O=C(O)C(CCO)NS(=O)(=O)C(F)F. The van der Waals surface area contributed by atoms with Crippen molar-refractivity contribution in [3.05, 3.63) is 0 Å². The molecule has 3 N–H and O–H groups in total. The van der Waals surface area contributed by atoms with Gasteiger partial charge in [-0.05, 0) is 6.42 Å². The molecule has 1 unspecified atom stereocenters. The molecule has 0 spiro atoms. The first-order chi connectivity index (χ1) is 6.31. The van der Waals surface area contributed by atoms with Crippen molar-refractivity contribution >= 4 is 16.0 Å². The number of carboxylic acid groups (broad SMARTS) is 1. The maximum absolute atomic E-state index is 11.8. The van der Waals surface area contributed by atoms with E-state index < -0.39 is 40.8 Å². The standard InChI is InChI=1S/C5H9F2NO5S/c6-5(7)14(12,13)8-3(1-2-9)4(10)11/h3,5,8-9H,1-2H2,(H,10,11). The van der Waals surface area contributed by atoms with Crippen LogP contribution in [-0.4, -0.2) is 43.0 Å². The van der Waals surface area contributed by atoms with E-state index in [4.69, 9.17) is 10.2 Å².